The normalized spacial score (nSPS) is 15.0. The van der Waals surface area contributed by atoms with E-state index in [1.165, 1.54) is 11.3 Å². The third-order valence-corrected chi connectivity index (χ3v) is 4.40. The van der Waals surface area contributed by atoms with Crippen LogP contribution in [0.3, 0.4) is 0 Å². The third kappa shape index (κ3) is 6.09. The number of aliphatic carboxylic acids is 2. The molecule has 7 heteroatoms. The van der Waals surface area contributed by atoms with Crippen molar-refractivity contribution in [1.82, 2.24) is 5.32 Å². The van der Waals surface area contributed by atoms with Gasteiger partial charge in [-0.1, -0.05) is 42.5 Å². The van der Waals surface area contributed by atoms with Gasteiger partial charge in [0.05, 0.1) is 0 Å². The van der Waals surface area contributed by atoms with Gasteiger partial charge in [0.1, 0.15) is 11.9 Å². The van der Waals surface area contributed by atoms with Crippen molar-refractivity contribution in [3.8, 4) is 5.75 Å². The zero-order valence-corrected chi connectivity index (χ0v) is 14.9. The van der Waals surface area contributed by atoms with Crippen LogP contribution in [0.4, 0.5) is 0 Å². The van der Waals surface area contributed by atoms with Gasteiger partial charge in [-0.05, 0) is 36.4 Å². The van der Waals surface area contributed by atoms with Crippen LogP contribution in [0.1, 0.15) is 24.3 Å². The summed E-state index contributed by atoms with van der Waals surface area (Å²) in [6.45, 7) is -4.67. The zero-order valence-electron chi connectivity index (χ0n) is 19.1. The standard InChI is InChI=1S/C18H19NOS.C2H2O4/c1-19-12-11-17(18-10-5-13-21-18)20-16-9-4-7-14-6-2-3-8-15(14)16;3-1(4)2(5)6/h2-10,13,17,19H,11-12H2,1H3;(H,3,4)(H,5,6)/t17-;/m0./s1/i1D3,12D2;. The van der Waals surface area contributed by atoms with Gasteiger partial charge in [-0.2, -0.15) is 0 Å². The van der Waals surface area contributed by atoms with Crippen molar-refractivity contribution in [2.75, 3.05) is 13.5 Å². The Hall–Kier alpha value is -2.90. The molecule has 0 aliphatic heterocycles. The SMILES string of the molecule is O=C(O)C(=O)O.[2H]C([2H])([2H])NC([2H])([2H])C[C@H](Oc1cccc2ccccc12)c1cccs1. The van der Waals surface area contributed by atoms with E-state index < -0.39 is 31.5 Å². The molecule has 0 aliphatic carbocycles. The highest BCUT2D eigenvalue weighted by molar-refractivity contribution is 7.10. The van der Waals surface area contributed by atoms with E-state index in [1.54, 1.807) is 0 Å². The summed E-state index contributed by atoms with van der Waals surface area (Å²) in [5.74, 6) is -3.00. The molecule has 3 rings (SSSR count). The average molecular weight is 392 g/mol. The first-order chi connectivity index (χ1) is 14.9. The molecule has 1 aromatic heterocycles. The number of benzene rings is 2. The van der Waals surface area contributed by atoms with Gasteiger partial charge in [-0.3, -0.25) is 0 Å². The van der Waals surface area contributed by atoms with Gasteiger partial charge in [0, 0.05) is 23.5 Å². The van der Waals surface area contributed by atoms with Crippen LogP contribution in [0.2, 0.25) is 0 Å². The fourth-order valence-corrected chi connectivity index (χ4v) is 3.02. The van der Waals surface area contributed by atoms with Crippen LogP contribution >= 0.6 is 11.3 Å². The summed E-state index contributed by atoms with van der Waals surface area (Å²) in [6.07, 6.45) is -0.736. The minimum absolute atomic E-state index is 0.130. The molecule has 1 heterocycles. The fourth-order valence-electron chi connectivity index (χ4n) is 2.27. The van der Waals surface area contributed by atoms with Crippen molar-refractivity contribution >= 4 is 34.0 Å². The highest BCUT2D eigenvalue weighted by atomic mass is 32.1. The minimum Gasteiger partial charge on any atom is -0.484 e. The van der Waals surface area contributed by atoms with Gasteiger partial charge in [-0.15, -0.1) is 11.3 Å². The molecular formula is C20H21NO5S. The summed E-state index contributed by atoms with van der Waals surface area (Å²) < 4.78 is 44.1. The smallest absolute Gasteiger partial charge is 0.414 e. The largest absolute Gasteiger partial charge is 0.484 e. The van der Waals surface area contributed by atoms with Gasteiger partial charge in [-0.25, -0.2) is 9.59 Å². The lowest BCUT2D eigenvalue weighted by molar-refractivity contribution is -0.159. The molecular weight excluding hydrogens is 366 g/mol. The number of ether oxygens (including phenoxy) is 1. The van der Waals surface area contributed by atoms with Crippen LogP contribution in [0.25, 0.3) is 10.8 Å². The Bertz CT molecular complexity index is 1040. The second-order valence-corrected chi connectivity index (χ2v) is 6.19. The van der Waals surface area contributed by atoms with E-state index in [0.717, 1.165) is 15.6 Å². The Labute approximate surface area is 168 Å². The highest BCUT2D eigenvalue weighted by Gasteiger charge is 2.15. The average Bonchev–Trinajstić information content (AvgIpc) is 3.21. The molecule has 142 valence electrons. The van der Waals surface area contributed by atoms with Crippen LogP contribution in [0.5, 0.6) is 5.75 Å². The monoisotopic (exact) mass is 392 g/mol. The number of fused-ring (bicyclic) bond motifs is 1. The number of hydrogen-bond acceptors (Lipinski definition) is 5. The minimum atomic E-state index is -2.57. The van der Waals surface area contributed by atoms with Crippen LogP contribution in [-0.4, -0.2) is 35.6 Å². The van der Waals surface area contributed by atoms with E-state index in [9.17, 15) is 0 Å². The molecule has 2 aromatic carbocycles. The van der Waals surface area contributed by atoms with Gasteiger partial charge < -0.3 is 20.3 Å². The molecule has 0 amide bonds. The maximum Gasteiger partial charge on any atom is 0.414 e. The lowest BCUT2D eigenvalue weighted by Gasteiger charge is -2.19. The first-order valence-corrected chi connectivity index (χ1v) is 8.69. The molecule has 6 nitrogen and oxygen atoms in total. The Morgan fingerprint density at radius 1 is 1.15 bits per heavy atom. The Balaban J connectivity index is 0.000000534. The molecule has 0 bridgehead atoms. The van der Waals surface area contributed by atoms with Gasteiger partial charge >= 0.3 is 11.9 Å². The highest BCUT2D eigenvalue weighted by Crippen LogP contribution is 2.32. The van der Waals surface area contributed by atoms with Crippen LogP contribution < -0.4 is 10.1 Å². The van der Waals surface area contributed by atoms with E-state index in [2.05, 4.69) is 5.32 Å². The van der Waals surface area contributed by atoms with E-state index in [4.69, 9.17) is 31.4 Å². The quantitative estimate of drug-likeness (QED) is 0.553. The van der Waals surface area contributed by atoms with Crippen molar-refractivity contribution in [3.05, 3.63) is 64.9 Å². The molecule has 3 N–H and O–H groups in total. The van der Waals surface area contributed by atoms with Crippen molar-refractivity contribution in [2.24, 2.45) is 0 Å². The van der Waals surface area contributed by atoms with Crippen LogP contribution in [0.15, 0.2) is 60.0 Å². The molecule has 0 unspecified atom stereocenters. The van der Waals surface area contributed by atoms with E-state index in [0.29, 0.717) is 5.75 Å². The maximum atomic E-state index is 9.10. The number of carbonyl (C=O) groups is 2. The van der Waals surface area contributed by atoms with Gasteiger partial charge in [0.25, 0.3) is 0 Å². The van der Waals surface area contributed by atoms with Crippen LogP contribution in [-0.2, 0) is 9.59 Å². The molecule has 0 aliphatic rings. The lowest BCUT2D eigenvalue weighted by atomic mass is 10.1. The zero-order chi connectivity index (χ0) is 23.9. The van der Waals surface area contributed by atoms with Gasteiger partial charge in [0.15, 0.2) is 0 Å². The summed E-state index contributed by atoms with van der Waals surface area (Å²) in [5.41, 5.74) is 0. The van der Waals surface area contributed by atoms with Gasteiger partial charge in [0.2, 0.25) is 0 Å². The summed E-state index contributed by atoms with van der Waals surface area (Å²) in [7, 11) is 0. The first kappa shape index (κ1) is 14.2. The second kappa shape index (κ2) is 10.3. The van der Waals surface area contributed by atoms with Crippen molar-refractivity contribution in [1.29, 1.82) is 0 Å². The molecule has 0 radical (unpaired) electrons. The van der Waals surface area contributed by atoms with Crippen LogP contribution in [0, 0.1) is 0 Å². The molecule has 3 aromatic rings. The molecule has 0 saturated carbocycles. The molecule has 0 spiro atoms. The lowest BCUT2D eigenvalue weighted by Crippen LogP contribution is -2.15. The summed E-state index contributed by atoms with van der Waals surface area (Å²) in [6, 6.07) is 17.2. The molecule has 27 heavy (non-hydrogen) atoms. The topological polar surface area (TPSA) is 95.9 Å². The third-order valence-electron chi connectivity index (χ3n) is 3.44. The molecule has 0 saturated heterocycles. The van der Waals surface area contributed by atoms with E-state index in [1.807, 2.05) is 60.0 Å². The Morgan fingerprint density at radius 3 is 2.56 bits per heavy atom. The number of carboxylic acids is 2. The first-order valence-electron chi connectivity index (χ1n) is 10.3. The predicted molar refractivity (Wildman–Crippen MR) is 105 cm³/mol. The summed E-state index contributed by atoms with van der Waals surface area (Å²) in [4.78, 5) is 19.0. The number of hydrogen-bond donors (Lipinski definition) is 3. The number of nitrogens with one attached hydrogen (secondary N) is 1. The number of thiophene rings is 1. The van der Waals surface area contributed by atoms with Crippen molar-refractivity contribution in [3.63, 3.8) is 0 Å². The second-order valence-electron chi connectivity index (χ2n) is 5.22. The Kier molecular flexibility index (Phi) is 5.41. The number of carboxylic acid groups (broad SMARTS) is 2. The predicted octanol–water partition coefficient (Wildman–Crippen LogP) is 3.79. The van der Waals surface area contributed by atoms with E-state index in [-0.39, 0.29) is 6.42 Å². The van der Waals surface area contributed by atoms with E-state index >= 15 is 0 Å². The van der Waals surface area contributed by atoms with Crippen molar-refractivity contribution in [2.45, 2.75) is 12.5 Å². The maximum absolute atomic E-state index is 9.10. The molecule has 1 atom stereocenters. The Morgan fingerprint density at radius 2 is 1.89 bits per heavy atom. The summed E-state index contributed by atoms with van der Waals surface area (Å²) >= 11 is 1.45. The fraction of sp³-hybridized carbons (Fsp3) is 0.200. The molecule has 0 fully saturated rings. The summed E-state index contributed by atoms with van der Waals surface area (Å²) in [5, 5.41) is 20.7. The van der Waals surface area contributed by atoms with Crippen molar-refractivity contribution < 1.29 is 31.4 Å². The number of rotatable bonds is 6.